The molecule has 3 rings (SSSR count). The van der Waals surface area contributed by atoms with Crippen LogP contribution in [0.15, 0.2) is 47.4 Å². The molecule has 4 N–H and O–H groups in total. The third-order valence-electron chi connectivity index (χ3n) is 5.38. The molecule has 0 atom stereocenters. The minimum absolute atomic E-state index is 0.0742. The highest BCUT2D eigenvalue weighted by Gasteiger charge is 2.29. The minimum atomic E-state index is -3.77. The molecule has 2 aromatic carbocycles. The van der Waals surface area contributed by atoms with Crippen molar-refractivity contribution in [1.29, 1.82) is 0 Å². The van der Waals surface area contributed by atoms with Crippen LogP contribution < -0.4 is 15.2 Å². The normalized spacial score (nSPS) is 16.1. The van der Waals surface area contributed by atoms with Crippen molar-refractivity contribution in [3.63, 3.8) is 0 Å². The smallest absolute Gasteiger partial charge is 0.276 e. The van der Waals surface area contributed by atoms with E-state index in [0.29, 0.717) is 24.2 Å². The molecule has 168 valence electrons. The molecule has 31 heavy (non-hydrogen) atoms. The minimum Gasteiger partial charge on any atom is -0.326 e. The number of nitrogens with one attached hydrogen (secondary N) is 2. The second kappa shape index (κ2) is 8.95. The summed E-state index contributed by atoms with van der Waals surface area (Å²) in [5, 5.41) is 7.86. The van der Waals surface area contributed by atoms with E-state index in [0.717, 1.165) is 15.4 Å². The third-order valence-corrected chi connectivity index (χ3v) is 7.86. The third kappa shape index (κ3) is 5.82. The molecule has 2 aromatic rings. The molecule has 1 heterocycles. The fourth-order valence-corrected chi connectivity index (χ4v) is 5.12. The summed E-state index contributed by atoms with van der Waals surface area (Å²) in [7, 11) is -7.51. The quantitative estimate of drug-likeness (QED) is 0.597. The lowest BCUT2D eigenvalue weighted by Gasteiger charge is -2.29. The first-order valence-electron chi connectivity index (χ1n) is 9.74. The van der Waals surface area contributed by atoms with E-state index in [-0.39, 0.29) is 29.8 Å². The highest BCUT2D eigenvalue weighted by atomic mass is 32.2. The Kier molecular flexibility index (Phi) is 6.70. The Labute approximate surface area is 182 Å². The van der Waals surface area contributed by atoms with Crippen LogP contribution in [-0.4, -0.2) is 40.1 Å². The molecule has 1 aliphatic heterocycles. The van der Waals surface area contributed by atoms with Gasteiger partial charge in [-0.1, -0.05) is 6.07 Å². The Morgan fingerprint density at radius 2 is 1.52 bits per heavy atom. The van der Waals surface area contributed by atoms with Crippen LogP contribution in [-0.2, 0) is 25.0 Å². The summed E-state index contributed by atoms with van der Waals surface area (Å²) in [5.74, 6) is -0.578. The van der Waals surface area contributed by atoms with Crippen LogP contribution in [0.1, 0.15) is 24.0 Å². The summed E-state index contributed by atoms with van der Waals surface area (Å²) in [6.07, 6.45) is 0.739. The summed E-state index contributed by atoms with van der Waals surface area (Å²) in [6, 6.07) is 11.2. The first kappa shape index (κ1) is 23.2. The second-order valence-electron chi connectivity index (χ2n) is 7.64. The molecule has 11 heteroatoms. The molecule has 1 fully saturated rings. The number of carbonyl (C=O) groups is 1. The van der Waals surface area contributed by atoms with Crippen molar-refractivity contribution in [3.05, 3.63) is 53.6 Å². The first-order chi connectivity index (χ1) is 14.5. The molecule has 0 spiro atoms. The zero-order chi connectivity index (χ0) is 22.8. The summed E-state index contributed by atoms with van der Waals surface area (Å²) < 4.78 is 51.7. The van der Waals surface area contributed by atoms with Gasteiger partial charge in [-0.3, -0.25) is 9.52 Å². The van der Waals surface area contributed by atoms with Gasteiger partial charge in [-0.25, -0.2) is 13.6 Å². The van der Waals surface area contributed by atoms with Gasteiger partial charge in [0.1, 0.15) is 0 Å². The number of anilines is 2. The molecule has 1 aliphatic rings. The van der Waals surface area contributed by atoms with E-state index in [1.54, 1.807) is 12.1 Å². The van der Waals surface area contributed by atoms with Gasteiger partial charge in [0, 0.05) is 30.4 Å². The van der Waals surface area contributed by atoms with Crippen molar-refractivity contribution < 1.29 is 21.6 Å². The number of amides is 1. The standard InChI is InChI=1S/C20H26N4O5S2/c1-14-3-4-18(13-15(14)2)23-30(26,27)19-7-5-17(6-8-19)22-20(25)16-9-11-24(12-10-16)31(21,28)29/h3-8,13,16,23H,9-12H2,1-2H3,(H,22,25)(H2,21,28,29). The summed E-state index contributed by atoms with van der Waals surface area (Å²) >= 11 is 0. The number of hydrogen-bond donors (Lipinski definition) is 3. The van der Waals surface area contributed by atoms with E-state index >= 15 is 0 Å². The van der Waals surface area contributed by atoms with Crippen LogP contribution in [0.5, 0.6) is 0 Å². The van der Waals surface area contributed by atoms with Crippen molar-refractivity contribution in [2.24, 2.45) is 11.1 Å². The van der Waals surface area contributed by atoms with Crippen molar-refractivity contribution in [1.82, 2.24) is 4.31 Å². The van der Waals surface area contributed by atoms with E-state index in [1.807, 2.05) is 19.9 Å². The van der Waals surface area contributed by atoms with Crippen LogP contribution in [0.3, 0.4) is 0 Å². The highest BCUT2D eigenvalue weighted by Crippen LogP contribution is 2.23. The maximum Gasteiger partial charge on any atom is 0.276 e. The number of aryl methyl sites for hydroxylation is 2. The SMILES string of the molecule is Cc1ccc(NS(=O)(=O)c2ccc(NC(=O)C3CCN(S(N)(=O)=O)CC3)cc2)cc1C. The predicted octanol–water partition coefficient (Wildman–Crippen LogP) is 1.96. The van der Waals surface area contributed by atoms with Crippen molar-refractivity contribution >= 4 is 37.5 Å². The van der Waals surface area contributed by atoms with Crippen LogP contribution in [0.2, 0.25) is 0 Å². The molecular formula is C20H26N4O5S2. The number of nitrogens with two attached hydrogens (primary N) is 1. The van der Waals surface area contributed by atoms with Crippen molar-refractivity contribution in [2.75, 3.05) is 23.1 Å². The Morgan fingerprint density at radius 1 is 0.935 bits per heavy atom. The molecule has 1 amide bonds. The Morgan fingerprint density at radius 3 is 2.06 bits per heavy atom. The van der Waals surface area contributed by atoms with Gasteiger partial charge in [0.15, 0.2) is 0 Å². The van der Waals surface area contributed by atoms with E-state index < -0.39 is 20.2 Å². The predicted molar refractivity (Wildman–Crippen MR) is 119 cm³/mol. The van der Waals surface area contributed by atoms with Gasteiger partial charge in [-0.05, 0) is 74.2 Å². The van der Waals surface area contributed by atoms with Crippen molar-refractivity contribution in [3.8, 4) is 0 Å². The van der Waals surface area contributed by atoms with Crippen LogP contribution in [0.4, 0.5) is 11.4 Å². The lowest BCUT2D eigenvalue weighted by molar-refractivity contribution is -0.120. The van der Waals surface area contributed by atoms with Gasteiger partial charge in [0.2, 0.25) is 5.91 Å². The second-order valence-corrected chi connectivity index (χ2v) is 10.9. The molecule has 1 saturated heterocycles. The van der Waals surface area contributed by atoms with E-state index in [1.165, 1.54) is 24.3 Å². The Hall–Kier alpha value is -2.47. The Balaban J connectivity index is 1.62. The fourth-order valence-electron chi connectivity index (χ4n) is 3.35. The first-order valence-corrected chi connectivity index (χ1v) is 12.7. The number of benzene rings is 2. The average molecular weight is 467 g/mol. The summed E-state index contributed by atoms with van der Waals surface area (Å²) in [5.41, 5.74) is 2.99. The molecule has 0 bridgehead atoms. The number of rotatable bonds is 6. The summed E-state index contributed by atoms with van der Waals surface area (Å²) in [6.45, 7) is 4.24. The molecule has 0 radical (unpaired) electrons. The monoisotopic (exact) mass is 466 g/mol. The van der Waals surface area contributed by atoms with E-state index in [4.69, 9.17) is 5.14 Å². The van der Waals surface area contributed by atoms with Gasteiger partial charge in [0.25, 0.3) is 20.2 Å². The van der Waals surface area contributed by atoms with Crippen molar-refractivity contribution in [2.45, 2.75) is 31.6 Å². The van der Waals surface area contributed by atoms with Crippen LogP contribution in [0, 0.1) is 19.8 Å². The lowest BCUT2D eigenvalue weighted by Crippen LogP contribution is -2.44. The topological polar surface area (TPSA) is 139 Å². The van der Waals surface area contributed by atoms with Gasteiger partial charge in [0.05, 0.1) is 4.90 Å². The van der Waals surface area contributed by atoms with Gasteiger partial charge in [-0.2, -0.15) is 12.7 Å². The highest BCUT2D eigenvalue weighted by molar-refractivity contribution is 7.92. The number of hydrogen-bond acceptors (Lipinski definition) is 5. The van der Waals surface area contributed by atoms with Gasteiger partial charge in [-0.15, -0.1) is 0 Å². The average Bonchev–Trinajstić information content (AvgIpc) is 2.70. The van der Waals surface area contributed by atoms with E-state index in [9.17, 15) is 21.6 Å². The largest absolute Gasteiger partial charge is 0.326 e. The maximum absolute atomic E-state index is 12.6. The molecular weight excluding hydrogens is 440 g/mol. The molecule has 9 nitrogen and oxygen atoms in total. The lowest BCUT2D eigenvalue weighted by atomic mass is 9.97. The molecule has 0 saturated carbocycles. The van der Waals surface area contributed by atoms with Gasteiger partial charge < -0.3 is 5.32 Å². The molecule has 0 aliphatic carbocycles. The van der Waals surface area contributed by atoms with E-state index in [2.05, 4.69) is 10.0 Å². The van der Waals surface area contributed by atoms with Crippen LogP contribution in [0.25, 0.3) is 0 Å². The zero-order valence-electron chi connectivity index (χ0n) is 17.3. The Bertz CT molecular complexity index is 1170. The molecule has 0 unspecified atom stereocenters. The number of sulfonamides is 1. The van der Waals surface area contributed by atoms with Crippen LogP contribution >= 0.6 is 0 Å². The summed E-state index contributed by atoms with van der Waals surface area (Å²) in [4.78, 5) is 12.5. The number of nitrogens with zero attached hydrogens (tertiary/aromatic N) is 1. The fraction of sp³-hybridized carbons (Fsp3) is 0.350. The number of piperidine rings is 1. The number of carbonyl (C=O) groups excluding carboxylic acids is 1. The molecule has 0 aromatic heterocycles. The zero-order valence-corrected chi connectivity index (χ0v) is 19.0. The van der Waals surface area contributed by atoms with Gasteiger partial charge >= 0.3 is 0 Å². The maximum atomic E-state index is 12.6.